The van der Waals surface area contributed by atoms with Crippen molar-refractivity contribution < 1.29 is 9.90 Å². The molecule has 0 aromatic carbocycles. The molecule has 0 aliphatic carbocycles. The SMILES string of the molecule is CC1(C)CN(C(=O)CN)C[C@@H]1CO. The molecule has 0 unspecified atom stereocenters. The van der Waals surface area contributed by atoms with Gasteiger partial charge in [-0.3, -0.25) is 4.79 Å². The summed E-state index contributed by atoms with van der Waals surface area (Å²) in [5.74, 6) is 0.159. The third kappa shape index (κ3) is 2.00. The van der Waals surface area contributed by atoms with Crippen molar-refractivity contribution in [2.24, 2.45) is 17.1 Å². The highest BCUT2D eigenvalue weighted by atomic mass is 16.3. The fraction of sp³-hybridized carbons (Fsp3) is 0.889. The first kappa shape index (κ1) is 10.5. The van der Waals surface area contributed by atoms with Crippen molar-refractivity contribution in [2.75, 3.05) is 26.2 Å². The molecule has 1 aliphatic heterocycles. The van der Waals surface area contributed by atoms with Gasteiger partial charge in [-0.15, -0.1) is 0 Å². The van der Waals surface area contributed by atoms with Gasteiger partial charge in [0, 0.05) is 25.6 Å². The molecule has 13 heavy (non-hydrogen) atoms. The summed E-state index contributed by atoms with van der Waals surface area (Å²) in [6.45, 7) is 5.68. The van der Waals surface area contributed by atoms with Crippen molar-refractivity contribution in [3.05, 3.63) is 0 Å². The Balaban J connectivity index is 2.64. The average Bonchev–Trinajstić information content (AvgIpc) is 2.39. The van der Waals surface area contributed by atoms with Crippen molar-refractivity contribution in [2.45, 2.75) is 13.8 Å². The summed E-state index contributed by atoms with van der Waals surface area (Å²) >= 11 is 0. The molecule has 0 aromatic rings. The van der Waals surface area contributed by atoms with Crippen molar-refractivity contribution in [3.8, 4) is 0 Å². The van der Waals surface area contributed by atoms with Gasteiger partial charge in [0.25, 0.3) is 0 Å². The number of amides is 1. The Morgan fingerprint density at radius 2 is 2.31 bits per heavy atom. The van der Waals surface area contributed by atoms with E-state index in [4.69, 9.17) is 10.8 Å². The molecule has 0 bridgehead atoms. The first-order chi connectivity index (χ1) is 6.01. The molecule has 1 amide bonds. The Hall–Kier alpha value is -0.610. The first-order valence-corrected chi connectivity index (χ1v) is 4.60. The highest BCUT2D eigenvalue weighted by Crippen LogP contribution is 2.34. The van der Waals surface area contributed by atoms with Crippen LogP contribution in [0.1, 0.15) is 13.8 Å². The van der Waals surface area contributed by atoms with Crippen LogP contribution in [0.15, 0.2) is 0 Å². The van der Waals surface area contributed by atoms with Crippen molar-refractivity contribution in [1.82, 2.24) is 4.90 Å². The maximum atomic E-state index is 11.3. The number of carbonyl (C=O) groups excluding carboxylic acids is 1. The smallest absolute Gasteiger partial charge is 0.236 e. The summed E-state index contributed by atoms with van der Waals surface area (Å²) in [5, 5.41) is 9.10. The first-order valence-electron chi connectivity index (χ1n) is 4.60. The van der Waals surface area contributed by atoms with Crippen LogP contribution in [-0.4, -0.2) is 42.2 Å². The molecule has 0 saturated carbocycles. The minimum absolute atomic E-state index is 0.0135. The molecule has 3 N–H and O–H groups in total. The van der Waals surface area contributed by atoms with E-state index in [0.717, 1.165) is 0 Å². The molecule has 1 heterocycles. The summed E-state index contributed by atoms with van der Waals surface area (Å²) in [5.41, 5.74) is 5.29. The lowest BCUT2D eigenvalue weighted by Crippen LogP contribution is -2.35. The van der Waals surface area contributed by atoms with Crippen molar-refractivity contribution >= 4 is 5.91 Å². The summed E-state index contributed by atoms with van der Waals surface area (Å²) in [4.78, 5) is 13.0. The van der Waals surface area contributed by atoms with Crippen LogP contribution in [0.4, 0.5) is 0 Å². The number of hydrogen-bond donors (Lipinski definition) is 2. The molecule has 4 heteroatoms. The topological polar surface area (TPSA) is 66.6 Å². The molecule has 1 fully saturated rings. The molecular weight excluding hydrogens is 168 g/mol. The van der Waals surface area contributed by atoms with Gasteiger partial charge in [0.15, 0.2) is 0 Å². The number of hydrogen-bond acceptors (Lipinski definition) is 3. The molecule has 0 aromatic heterocycles. The molecular formula is C9H18N2O2. The van der Waals surface area contributed by atoms with Gasteiger partial charge in [-0.2, -0.15) is 0 Å². The van der Waals surface area contributed by atoms with E-state index in [-0.39, 0.29) is 30.4 Å². The van der Waals surface area contributed by atoms with Crippen molar-refractivity contribution in [1.29, 1.82) is 0 Å². The lowest BCUT2D eigenvalue weighted by Gasteiger charge is -2.23. The number of aliphatic hydroxyl groups is 1. The lowest BCUT2D eigenvalue weighted by atomic mass is 9.83. The van der Waals surface area contributed by atoms with E-state index in [1.807, 2.05) is 0 Å². The Morgan fingerprint density at radius 1 is 1.69 bits per heavy atom. The Labute approximate surface area is 78.7 Å². The lowest BCUT2D eigenvalue weighted by molar-refractivity contribution is -0.129. The van der Waals surface area contributed by atoms with Gasteiger partial charge < -0.3 is 15.7 Å². The molecule has 0 radical (unpaired) electrons. The van der Waals surface area contributed by atoms with E-state index in [9.17, 15) is 4.79 Å². The second-order valence-electron chi connectivity index (χ2n) is 4.35. The molecule has 1 rings (SSSR count). The van der Waals surface area contributed by atoms with E-state index in [2.05, 4.69) is 13.8 Å². The number of carbonyl (C=O) groups is 1. The second kappa shape index (κ2) is 3.64. The van der Waals surface area contributed by atoms with Gasteiger partial charge in [-0.1, -0.05) is 13.8 Å². The van der Waals surface area contributed by atoms with Crippen LogP contribution < -0.4 is 5.73 Å². The molecule has 1 saturated heterocycles. The monoisotopic (exact) mass is 186 g/mol. The summed E-state index contributed by atoms with van der Waals surface area (Å²) < 4.78 is 0. The van der Waals surface area contributed by atoms with E-state index in [1.54, 1.807) is 4.90 Å². The summed E-state index contributed by atoms with van der Waals surface area (Å²) in [6.07, 6.45) is 0. The predicted molar refractivity (Wildman–Crippen MR) is 50.0 cm³/mol. The zero-order chi connectivity index (χ0) is 10.1. The normalized spacial score (nSPS) is 26.5. The van der Waals surface area contributed by atoms with Crippen molar-refractivity contribution in [3.63, 3.8) is 0 Å². The standard InChI is InChI=1S/C9H18N2O2/c1-9(2)6-11(8(13)3-10)4-7(9)5-12/h7,12H,3-6,10H2,1-2H3/t7-/m1/s1. The molecule has 1 atom stereocenters. The van der Waals surface area contributed by atoms with Crippen LogP contribution >= 0.6 is 0 Å². The minimum atomic E-state index is -0.0241. The maximum Gasteiger partial charge on any atom is 0.236 e. The van der Waals surface area contributed by atoms with Crippen LogP contribution in [0.2, 0.25) is 0 Å². The quantitative estimate of drug-likeness (QED) is 0.606. The average molecular weight is 186 g/mol. The number of rotatable bonds is 2. The van der Waals surface area contributed by atoms with Crippen LogP contribution in [0, 0.1) is 11.3 Å². The van der Waals surface area contributed by atoms with Crippen LogP contribution in [0.3, 0.4) is 0 Å². The third-order valence-electron chi connectivity index (χ3n) is 2.89. The van der Waals surface area contributed by atoms with Gasteiger partial charge in [-0.25, -0.2) is 0 Å². The van der Waals surface area contributed by atoms with Crippen LogP contribution in [0.25, 0.3) is 0 Å². The molecule has 76 valence electrons. The fourth-order valence-corrected chi connectivity index (χ4v) is 1.82. The Bertz CT molecular complexity index is 204. The zero-order valence-electron chi connectivity index (χ0n) is 8.29. The van der Waals surface area contributed by atoms with Gasteiger partial charge in [0.2, 0.25) is 5.91 Å². The number of nitrogens with zero attached hydrogens (tertiary/aromatic N) is 1. The van der Waals surface area contributed by atoms with E-state index in [1.165, 1.54) is 0 Å². The summed E-state index contributed by atoms with van der Waals surface area (Å²) in [6, 6.07) is 0. The highest BCUT2D eigenvalue weighted by Gasteiger charge is 2.40. The number of nitrogens with two attached hydrogens (primary N) is 1. The van der Waals surface area contributed by atoms with Gasteiger partial charge in [0.1, 0.15) is 0 Å². The van der Waals surface area contributed by atoms with E-state index in [0.29, 0.717) is 13.1 Å². The van der Waals surface area contributed by atoms with E-state index >= 15 is 0 Å². The minimum Gasteiger partial charge on any atom is -0.396 e. The Kier molecular flexibility index (Phi) is 2.93. The van der Waals surface area contributed by atoms with Gasteiger partial charge >= 0.3 is 0 Å². The fourth-order valence-electron chi connectivity index (χ4n) is 1.82. The maximum absolute atomic E-state index is 11.3. The van der Waals surface area contributed by atoms with Crippen LogP contribution in [-0.2, 0) is 4.79 Å². The molecule has 0 spiro atoms. The third-order valence-corrected chi connectivity index (χ3v) is 2.89. The molecule has 1 aliphatic rings. The Morgan fingerprint density at radius 3 is 2.69 bits per heavy atom. The largest absolute Gasteiger partial charge is 0.396 e. The highest BCUT2D eigenvalue weighted by molar-refractivity contribution is 5.78. The molecule has 4 nitrogen and oxygen atoms in total. The number of aliphatic hydroxyl groups excluding tert-OH is 1. The predicted octanol–water partition coefficient (Wildman–Crippen LogP) is -0.578. The van der Waals surface area contributed by atoms with Gasteiger partial charge in [0.05, 0.1) is 6.54 Å². The zero-order valence-corrected chi connectivity index (χ0v) is 8.29. The summed E-state index contributed by atoms with van der Waals surface area (Å²) in [7, 11) is 0. The second-order valence-corrected chi connectivity index (χ2v) is 4.35. The van der Waals surface area contributed by atoms with Gasteiger partial charge in [-0.05, 0) is 5.41 Å². The van der Waals surface area contributed by atoms with Crippen LogP contribution in [0.5, 0.6) is 0 Å². The van der Waals surface area contributed by atoms with E-state index < -0.39 is 0 Å². The number of likely N-dealkylation sites (tertiary alicyclic amines) is 1.